The molecule has 0 bridgehead atoms. The number of carbonyl (C=O) groups excluding carboxylic acids is 1. The second-order valence-corrected chi connectivity index (χ2v) is 12.7. The highest BCUT2D eigenvalue weighted by Gasteiger charge is 2.24. The minimum atomic E-state index is -0.0403. The number of rotatable bonds is 9. The summed E-state index contributed by atoms with van der Waals surface area (Å²) in [6.07, 6.45) is 8.03. The molecule has 2 aliphatic rings. The van der Waals surface area contributed by atoms with Gasteiger partial charge in [-0.2, -0.15) is 0 Å². The summed E-state index contributed by atoms with van der Waals surface area (Å²) < 4.78 is 6.97. The van der Waals surface area contributed by atoms with E-state index in [1.165, 1.54) is 32.4 Å². The summed E-state index contributed by atoms with van der Waals surface area (Å²) in [6.45, 7) is 6.10. The number of para-hydroxylation sites is 1. The Balaban J connectivity index is 1.10. The van der Waals surface area contributed by atoms with Crippen LogP contribution >= 0.6 is 24.0 Å². The summed E-state index contributed by atoms with van der Waals surface area (Å²) in [7, 11) is 1.84. The lowest BCUT2D eigenvalue weighted by Crippen LogP contribution is -2.37. The fourth-order valence-electron chi connectivity index (χ4n) is 5.59. The van der Waals surface area contributed by atoms with Gasteiger partial charge in [-0.3, -0.25) is 9.78 Å². The molecule has 1 amide bonds. The number of hydrogen-bond donors (Lipinski definition) is 0. The SMILES string of the molecule is CN(Cc1ccnc(C2CCN(C(=S)SCCN3CCCCC3)CC2)c1)C(=O)c1cccc(Oc2ccccc2)c1. The average molecular weight is 589 g/mol. The molecule has 0 saturated carbocycles. The van der Waals surface area contributed by atoms with Crippen LogP contribution in [0, 0.1) is 0 Å². The summed E-state index contributed by atoms with van der Waals surface area (Å²) in [5, 5.41) is 0. The molecule has 2 fully saturated rings. The van der Waals surface area contributed by atoms with E-state index in [1.54, 1.807) is 11.0 Å². The average Bonchev–Trinajstić information content (AvgIpc) is 3.02. The number of benzene rings is 2. The van der Waals surface area contributed by atoms with Crippen LogP contribution in [0.5, 0.6) is 11.5 Å². The van der Waals surface area contributed by atoms with E-state index in [4.69, 9.17) is 21.9 Å². The number of amides is 1. The molecule has 2 saturated heterocycles. The summed E-state index contributed by atoms with van der Waals surface area (Å²) in [5.74, 6) is 2.85. The van der Waals surface area contributed by atoms with Crippen LogP contribution in [0.1, 0.15) is 59.6 Å². The van der Waals surface area contributed by atoms with E-state index in [-0.39, 0.29) is 5.91 Å². The van der Waals surface area contributed by atoms with Crippen LogP contribution in [0.3, 0.4) is 0 Å². The molecule has 0 atom stereocenters. The molecule has 2 aromatic carbocycles. The van der Waals surface area contributed by atoms with E-state index in [0.717, 1.165) is 59.6 Å². The summed E-state index contributed by atoms with van der Waals surface area (Å²) in [5.41, 5.74) is 2.81. The van der Waals surface area contributed by atoms with Gasteiger partial charge >= 0.3 is 0 Å². The highest BCUT2D eigenvalue weighted by molar-refractivity contribution is 8.22. The second-order valence-electron chi connectivity index (χ2n) is 11.0. The number of nitrogens with zero attached hydrogens (tertiary/aromatic N) is 4. The van der Waals surface area contributed by atoms with Crippen LogP contribution < -0.4 is 4.74 Å². The Kier molecular flexibility index (Phi) is 10.7. The molecule has 8 heteroatoms. The zero-order valence-corrected chi connectivity index (χ0v) is 25.5. The molecule has 0 aliphatic carbocycles. The highest BCUT2D eigenvalue weighted by Crippen LogP contribution is 2.29. The molecule has 0 N–H and O–H groups in total. The van der Waals surface area contributed by atoms with Crippen LogP contribution in [0.25, 0.3) is 0 Å². The van der Waals surface area contributed by atoms with Gasteiger partial charge in [0.15, 0.2) is 0 Å². The van der Waals surface area contributed by atoms with Crippen molar-refractivity contribution in [2.24, 2.45) is 0 Å². The number of pyridine rings is 1. The number of carbonyl (C=O) groups is 1. The largest absolute Gasteiger partial charge is 0.457 e. The van der Waals surface area contributed by atoms with Crippen LogP contribution in [0.2, 0.25) is 0 Å². The maximum atomic E-state index is 13.2. The molecule has 216 valence electrons. The van der Waals surface area contributed by atoms with Crippen molar-refractivity contribution in [1.29, 1.82) is 0 Å². The minimum absolute atomic E-state index is 0.0403. The summed E-state index contributed by atoms with van der Waals surface area (Å²) in [4.78, 5) is 24.7. The third-order valence-electron chi connectivity index (χ3n) is 7.93. The summed E-state index contributed by atoms with van der Waals surface area (Å²) in [6, 6.07) is 21.1. The van der Waals surface area contributed by atoms with Gasteiger partial charge in [0.2, 0.25) is 0 Å². The van der Waals surface area contributed by atoms with Crippen molar-refractivity contribution in [3.8, 4) is 11.5 Å². The standard InChI is InChI=1S/C33H40N4O2S2/c1-35(32(38)28-9-8-12-30(24-28)39-29-10-4-2-5-11-29)25-26-13-16-34-31(23-26)27-14-19-37(20-15-27)33(40)41-22-21-36-17-6-3-7-18-36/h2,4-5,8-13,16,23-24,27H,3,6-7,14-15,17-22,25H2,1H3. The molecule has 0 unspecified atom stereocenters. The van der Waals surface area contributed by atoms with Crippen molar-refractivity contribution >= 4 is 34.2 Å². The Morgan fingerprint density at radius 1 is 0.976 bits per heavy atom. The quantitative estimate of drug-likeness (QED) is 0.254. The molecule has 6 nitrogen and oxygen atoms in total. The zero-order chi connectivity index (χ0) is 28.4. The molecule has 3 aromatic rings. The molecular weight excluding hydrogens is 549 g/mol. The molecule has 0 radical (unpaired) electrons. The summed E-state index contributed by atoms with van der Waals surface area (Å²) >= 11 is 7.62. The molecule has 1 aromatic heterocycles. The first kappa shape index (κ1) is 29.5. The van der Waals surface area contributed by atoms with Gasteiger partial charge < -0.3 is 19.4 Å². The third-order valence-corrected chi connectivity index (χ3v) is 9.43. The van der Waals surface area contributed by atoms with Crippen LogP contribution in [-0.2, 0) is 6.54 Å². The molecule has 2 aliphatic heterocycles. The fraction of sp³-hybridized carbons (Fsp3) is 0.424. The fourth-order valence-corrected chi connectivity index (χ4v) is 6.92. The van der Waals surface area contributed by atoms with E-state index in [0.29, 0.717) is 23.8 Å². The van der Waals surface area contributed by atoms with E-state index in [9.17, 15) is 4.79 Å². The molecule has 3 heterocycles. The Bertz CT molecular complexity index is 1290. The van der Waals surface area contributed by atoms with Crippen molar-refractivity contribution in [1.82, 2.24) is 19.7 Å². The predicted molar refractivity (Wildman–Crippen MR) is 172 cm³/mol. The van der Waals surface area contributed by atoms with Gasteiger partial charge in [-0.1, -0.05) is 54.7 Å². The highest BCUT2D eigenvalue weighted by atomic mass is 32.2. The molecule has 0 spiro atoms. The third kappa shape index (κ3) is 8.53. The Morgan fingerprint density at radius 3 is 2.51 bits per heavy atom. The molecule has 5 rings (SSSR count). The molecular formula is C33H40N4O2S2. The van der Waals surface area contributed by atoms with Crippen LogP contribution in [0.15, 0.2) is 72.9 Å². The lowest BCUT2D eigenvalue weighted by molar-refractivity contribution is 0.0784. The number of piperidine rings is 2. The van der Waals surface area contributed by atoms with Crippen LogP contribution in [-0.4, -0.2) is 75.4 Å². The van der Waals surface area contributed by atoms with E-state index in [1.807, 2.05) is 79.6 Å². The Labute approximate surface area is 254 Å². The molecule has 41 heavy (non-hydrogen) atoms. The zero-order valence-electron chi connectivity index (χ0n) is 23.9. The first-order chi connectivity index (χ1) is 20.0. The topological polar surface area (TPSA) is 48.9 Å². The van der Waals surface area contributed by atoms with Gasteiger partial charge in [0.25, 0.3) is 5.91 Å². The smallest absolute Gasteiger partial charge is 0.254 e. The van der Waals surface area contributed by atoms with Gasteiger partial charge in [-0.05, 0) is 86.8 Å². The van der Waals surface area contributed by atoms with Gasteiger partial charge in [-0.25, -0.2) is 0 Å². The first-order valence-electron chi connectivity index (χ1n) is 14.7. The lowest BCUT2D eigenvalue weighted by Gasteiger charge is -2.33. The number of aromatic nitrogens is 1. The minimum Gasteiger partial charge on any atom is -0.457 e. The number of thioether (sulfide) groups is 1. The first-order valence-corrected chi connectivity index (χ1v) is 16.1. The van der Waals surface area contributed by atoms with Crippen molar-refractivity contribution in [3.63, 3.8) is 0 Å². The lowest BCUT2D eigenvalue weighted by atomic mass is 9.92. The monoisotopic (exact) mass is 588 g/mol. The van der Waals surface area contributed by atoms with E-state index < -0.39 is 0 Å². The number of hydrogen-bond acceptors (Lipinski definition) is 6. The maximum Gasteiger partial charge on any atom is 0.254 e. The van der Waals surface area contributed by atoms with Crippen molar-refractivity contribution < 1.29 is 9.53 Å². The van der Waals surface area contributed by atoms with Gasteiger partial charge in [-0.15, -0.1) is 0 Å². The number of likely N-dealkylation sites (tertiary alicyclic amines) is 2. The number of ether oxygens (including phenoxy) is 1. The van der Waals surface area contributed by atoms with Gasteiger partial charge in [0.05, 0.1) is 0 Å². The Morgan fingerprint density at radius 2 is 1.73 bits per heavy atom. The van der Waals surface area contributed by atoms with Crippen LogP contribution in [0.4, 0.5) is 0 Å². The van der Waals surface area contributed by atoms with Crippen molar-refractivity contribution in [3.05, 3.63) is 89.7 Å². The van der Waals surface area contributed by atoms with Crippen molar-refractivity contribution in [2.45, 2.75) is 44.6 Å². The van der Waals surface area contributed by atoms with E-state index in [2.05, 4.69) is 15.9 Å². The number of thiocarbonyl (C=S) groups is 1. The maximum absolute atomic E-state index is 13.2. The van der Waals surface area contributed by atoms with E-state index >= 15 is 0 Å². The van der Waals surface area contributed by atoms with Gasteiger partial charge in [0.1, 0.15) is 15.8 Å². The predicted octanol–water partition coefficient (Wildman–Crippen LogP) is 6.83. The van der Waals surface area contributed by atoms with Gasteiger partial charge in [0, 0.05) is 62.4 Å². The van der Waals surface area contributed by atoms with Crippen molar-refractivity contribution in [2.75, 3.05) is 45.5 Å². The second kappa shape index (κ2) is 14.8. The normalized spacial score (nSPS) is 16.4. The Hall–Kier alpha value is -2.94.